The van der Waals surface area contributed by atoms with Gasteiger partial charge in [0.25, 0.3) is 0 Å². The molecule has 2 amide bonds. The number of benzene rings is 2. The zero-order valence-corrected chi connectivity index (χ0v) is 22.6. The van der Waals surface area contributed by atoms with E-state index in [0.29, 0.717) is 20.6 Å². The van der Waals surface area contributed by atoms with Crippen LogP contribution in [0.2, 0.25) is 0 Å². The first kappa shape index (κ1) is 28.8. The maximum absolute atomic E-state index is 14.4. The highest BCUT2D eigenvalue weighted by atomic mass is 127. The Kier molecular flexibility index (Phi) is 10.3. The van der Waals surface area contributed by atoms with Gasteiger partial charge in [0.05, 0.1) is 29.9 Å². The number of halogens is 2. The molecule has 1 aliphatic rings. The molecule has 0 spiro atoms. The summed E-state index contributed by atoms with van der Waals surface area (Å²) in [6.45, 7) is 0.750. The predicted molar refractivity (Wildman–Crippen MR) is 141 cm³/mol. The standard InChI is InChI=1S/C26H30FIN2O7/c1-15(33)30(13-17-5-3-4-6-19(17)27)21-11-18(26(35)29-7-8-31)12-22(24(21)34)37-25-20(28)9-16(14-32)10-23(25)36-2/h3-6,9-10,12,21-22,24,31-32,34H,7-8,11,13-14H2,1-2H3,(H,29,35)/t21-,22+,24+/m1/s1. The summed E-state index contributed by atoms with van der Waals surface area (Å²) in [4.78, 5) is 26.9. The molecule has 37 heavy (non-hydrogen) atoms. The van der Waals surface area contributed by atoms with Crippen LogP contribution in [0.3, 0.4) is 0 Å². The molecule has 0 unspecified atom stereocenters. The number of ether oxygens (including phenoxy) is 2. The number of amides is 2. The minimum Gasteiger partial charge on any atom is -0.493 e. The highest BCUT2D eigenvalue weighted by molar-refractivity contribution is 14.1. The molecule has 0 saturated carbocycles. The minimum absolute atomic E-state index is 0.00992. The molecule has 0 heterocycles. The van der Waals surface area contributed by atoms with E-state index in [-0.39, 0.29) is 43.9 Å². The molecule has 2 aromatic rings. The van der Waals surface area contributed by atoms with Gasteiger partial charge in [-0.1, -0.05) is 18.2 Å². The van der Waals surface area contributed by atoms with Gasteiger partial charge in [0.1, 0.15) is 18.0 Å². The van der Waals surface area contributed by atoms with Crippen molar-refractivity contribution < 1.29 is 38.8 Å². The molecule has 0 fully saturated rings. The smallest absolute Gasteiger partial charge is 0.247 e. The molecular formula is C26H30FIN2O7. The minimum atomic E-state index is -1.27. The number of hydrogen-bond donors (Lipinski definition) is 4. The zero-order valence-electron chi connectivity index (χ0n) is 20.5. The summed E-state index contributed by atoms with van der Waals surface area (Å²) in [6.07, 6.45) is -0.879. The van der Waals surface area contributed by atoms with E-state index >= 15 is 0 Å². The van der Waals surface area contributed by atoms with Gasteiger partial charge in [-0.15, -0.1) is 0 Å². The molecule has 0 bridgehead atoms. The number of rotatable bonds is 10. The fourth-order valence-electron chi connectivity index (χ4n) is 4.17. The molecule has 0 aliphatic heterocycles. The number of nitrogens with one attached hydrogen (secondary N) is 1. The van der Waals surface area contributed by atoms with Gasteiger partial charge < -0.3 is 35.0 Å². The van der Waals surface area contributed by atoms with Crippen LogP contribution in [0.4, 0.5) is 4.39 Å². The lowest BCUT2D eigenvalue weighted by Gasteiger charge is -2.40. The molecule has 3 rings (SSSR count). The van der Waals surface area contributed by atoms with Gasteiger partial charge in [-0.25, -0.2) is 4.39 Å². The van der Waals surface area contributed by atoms with E-state index in [4.69, 9.17) is 14.6 Å². The van der Waals surface area contributed by atoms with Gasteiger partial charge in [-0.2, -0.15) is 0 Å². The average Bonchev–Trinajstić information content (AvgIpc) is 2.88. The molecule has 9 nitrogen and oxygen atoms in total. The molecule has 4 N–H and O–H groups in total. The summed E-state index contributed by atoms with van der Waals surface area (Å²) in [6, 6.07) is 8.41. The fraction of sp³-hybridized carbons (Fsp3) is 0.385. The van der Waals surface area contributed by atoms with Crippen LogP contribution < -0.4 is 14.8 Å². The van der Waals surface area contributed by atoms with E-state index < -0.39 is 35.9 Å². The molecular weight excluding hydrogens is 598 g/mol. The fourth-order valence-corrected chi connectivity index (χ4v) is 4.96. The van der Waals surface area contributed by atoms with Gasteiger partial charge in [0, 0.05) is 37.6 Å². The highest BCUT2D eigenvalue weighted by Crippen LogP contribution is 2.37. The first-order valence-corrected chi connectivity index (χ1v) is 12.7. The van der Waals surface area contributed by atoms with Gasteiger partial charge in [0.15, 0.2) is 11.5 Å². The number of aliphatic hydroxyl groups excluding tert-OH is 3. The molecule has 2 aromatic carbocycles. The van der Waals surface area contributed by atoms with Gasteiger partial charge in [-0.3, -0.25) is 9.59 Å². The second-order valence-electron chi connectivity index (χ2n) is 8.52. The summed E-state index contributed by atoms with van der Waals surface area (Å²) in [7, 11) is 1.44. The second kappa shape index (κ2) is 13.2. The van der Waals surface area contributed by atoms with Crippen LogP contribution in [0.15, 0.2) is 48.0 Å². The van der Waals surface area contributed by atoms with Crippen LogP contribution in [-0.4, -0.2) is 70.5 Å². The molecule has 0 radical (unpaired) electrons. The molecule has 0 saturated heterocycles. The van der Waals surface area contributed by atoms with Crippen LogP contribution in [0.1, 0.15) is 24.5 Å². The van der Waals surface area contributed by atoms with E-state index in [0.717, 1.165) is 0 Å². The maximum atomic E-state index is 14.4. The van der Waals surface area contributed by atoms with Gasteiger partial charge >= 0.3 is 0 Å². The Morgan fingerprint density at radius 1 is 1.24 bits per heavy atom. The summed E-state index contributed by atoms with van der Waals surface area (Å²) >= 11 is 2.01. The molecule has 0 aromatic heterocycles. The Balaban J connectivity index is 2.01. The van der Waals surface area contributed by atoms with Crippen LogP contribution in [0, 0.1) is 9.39 Å². The monoisotopic (exact) mass is 628 g/mol. The SMILES string of the molecule is COc1cc(CO)cc(I)c1O[C@H]1C=C(C(=O)NCCO)C[C@@H](N(Cc2ccccc2F)C(C)=O)[C@@H]1O. The third kappa shape index (κ3) is 6.98. The molecule has 200 valence electrons. The van der Waals surface area contributed by atoms with Gasteiger partial charge in [0.2, 0.25) is 11.8 Å². The zero-order chi connectivity index (χ0) is 27.1. The van der Waals surface area contributed by atoms with Gasteiger partial charge in [-0.05, 0) is 52.4 Å². The summed E-state index contributed by atoms with van der Waals surface area (Å²) in [5, 5.41) is 32.6. The number of hydrogen-bond acceptors (Lipinski definition) is 7. The topological polar surface area (TPSA) is 129 Å². The molecule has 11 heteroatoms. The number of aliphatic hydroxyl groups is 3. The van der Waals surface area contributed by atoms with Crippen molar-refractivity contribution in [2.45, 2.75) is 44.7 Å². The summed E-state index contributed by atoms with van der Waals surface area (Å²) in [5.74, 6) is -0.778. The predicted octanol–water partition coefficient (Wildman–Crippen LogP) is 1.90. The van der Waals surface area contributed by atoms with E-state index in [1.165, 1.54) is 31.1 Å². The highest BCUT2D eigenvalue weighted by Gasteiger charge is 2.40. The van der Waals surface area contributed by atoms with Crippen molar-refractivity contribution >= 4 is 34.4 Å². The first-order chi connectivity index (χ1) is 17.7. The molecule has 3 atom stereocenters. The summed E-state index contributed by atoms with van der Waals surface area (Å²) < 4.78 is 26.6. The lowest BCUT2D eigenvalue weighted by molar-refractivity contribution is -0.137. The Labute approximate surface area is 228 Å². The van der Waals surface area contributed by atoms with Crippen LogP contribution in [0.5, 0.6) is 11.5 Å². The van der Waals surface area contributed by atoms with Crippen molar-refractivity contribution in [2.75, 3.05) is 20.3 Å². The van der Waals surface area contributed by atoms with E-state index in [2.05, 4.69) is 5.32 Å². The van der Waals surface area contributed by atoms with Crippen LogP contribution in [0.25, 0.3) is 0 Å². The Morgan fingerprint density at radius 3 is 2.59 bits per heavy atom. The average molecular weight is 628 g/mol. The number of methoxy groups -OCH3 is 1. The Hall–Kier alpha value is -2.74. The van der Waals surface area contributed by atoms with Crippen molar-refractivity contribution in [2.24, 2.45) is 0 Å². The Bertz CT molecular complexity index is 1160. The quantitative estimate of drug-likeness (QED) is 0.296. The third-order valence-corrected chi connectivity index (χ3v) is 6.84. The van der Waals surface area contributed by atoms with Crippen LogP contribution >= 0.6 is 22.6 Å². The van der Waals surface area contributed by atoms with Crippen molar-refractivity contribution in [3.8, 4) is 11.5 Å². The normalized spacial score (nSPS) is 19.1. The third-order valence-electron chi connectivity index (χ3n) is 6.04. The first-order valence-electron chi connectivity index (χ1n) is 11.6. The second-order valence-corrected chi connectivity index (χ2v) is 9.68. The number of carbonyl (C=O) groups excluding carboxylic acids is 2. The van der Waals surface area contributed by atoms with Crippen molar-refractivity contribution in [3.05, 3.63) is 68.6 Å². The maximum Gasteiger partial charge on any atom is 0.247 e. The van der Waals surface area contributed by atoms with E-state index in [1.54, 1.807) is 30.3 Å². The van der Waals surface area contributed by atoms with E-state index in [9.17, 15) is 24.2 Å². The number of carbonyl (C=O) groups is 2. The molecule has 1 aliphatic carbocycles. The lowest BCUT2D eigenvalue weighted by atomic mass is 9.88. The largest absolute Gasteiger partial charge is 0.493 e. The summed E-state index contributed by atoms with van der Waals surface area (Å²) in [5.41, 5.74) is 1.11. The van der Waals surface area contributed by atoms with E-state index in [1.807, 2.05) is 22.6 Å². The van der Waals surface area contributed by atoms with Crippen molar-refractivity contribution in [1.29, 1.82) is 0 Å². The Morgan fingerprint density at radius 2 is 1.97 bits per heavy atom. The van der Waals surface area contributed by atoms with Crippen molar-refractivity contribution in [3.63, 3.8) is 0 Å². The van der Waals surface area contributed by atoms with Crippen molar-refractivity contribution in [1.82, 2.24) is 10.2 Å². The number of nitrogens with zero attached hydrogens (tertiary/aromatic N) is 1. The lowest BCUT2D eigenvalue weighted by Crippen LogP contribution is -2.54. The van der Waals surface area contributed by atoms with Crippen LogP contribution in [-0.2, 0) is 22.7 Å².